The van der Waals surface area contributed by atoms with Crippen molar-refractivity contribution in [1.29, 1.82) is 0 Å². The van der Waals surface area contributed by atoms with Gasteiger partial charge in [-0.3, -0.25) is 4.79 Å². The zero-order valence-corrected chi connectivity index (χ0v) is 13.7. The summed E-state index contributed by atoms with van der Waals surface area (Å²) in [5.41, 5.74) is 0.848. The Morgan fingerprint density at radius 2 is 1.83 bits per heavy atom. The van der Waals surface area contributed by atoms with Crippen molar-refractivity contribution in [1.82, 2.24) is 0 Å². The summed E-state index contributed by atoms with van der Waals surface area (Å²) in [6.07, 6.45) is 3.82. The Kier molecular flexibility index (Phi) is 5.18. The molecule has 0 bridgehead atoms. The molecule has 0 unspecified atom stereocenters. The average molecular weight is 354 g/mol. The second-order valence-corrected chi connectivity index (χ2v) is 7.21. The first-order valence-corrected chi connectivity index (χ1v) is 8.77. The Morgan fingerprint density at radius 3 is 2.43 bits per heavy atom. The lowest BCUT2D eigenvalue weighted by Gasteiger charge is -2.07. The third kappa shape index (κ3) is 4.91. The van der Waals surface area contributed by atoms with E-state index in [4.69, 9.17) is 11.6 Å². The van der Waals surface area contributed by atoms with Crippen LogP contribution in [0.4, 0.5) is 10.1 Å². The number of hydrogen-bond donors (Lipinski definition) is 1. The average Bonchev–Trinajstić information content (AvgIpc) is 2.48. The van der Waals surface area contributed by atoms with Gasteiger partial charge in [0.1, 0.15) is 5.82 Å². The van der Waals surface area contributed by atoms with E-state index in [1.807, 2.05) is 0 Å². The van der Waals surface area contributed by atoms with E-state index in [1.54, 1.807) is 0 Å². The molecule has 0 radical (unpaired) electrons. The van der Waals surface area contributed by atoms with Crippen molar-refractivity contribution in [2.24, 2.45) is 0 Å². The Labute approximate surface area is 138 Å². The van der Waals surface area contributed by atoms with Gasteiger partial charge in [0.15, 0.2) is 9.84 Å². The molecular weight excluding hydrogens is 341 g/mol. The van der Waals surface area contributed by atoms with Crippen LogP contribution in [0.25, 0.3) is 6.08 Å². The second kappa shape index (κ2) is 6.93. The summed E-state index contributed by atoms with van der Waals surface area (Å²) in [7, 11) is -3.40. The summed E-state index contributed by atoms with van der Waals surface area (Å²) >= 11 is 5.95. The standard InChI is InChI=1S/C16H13ClFNO3S/c1-23(21,22)13-7-8-14(17)15(10-13)19-16(20)9-4-11-2-5-12(18)6-3-11/h2-10H,1H3,(H,19,20)/b9-4+. The highest BCUT2D eigenvalue weighted by molar-refractivity contribution is 7.90. The first-order chi connectivity index (χ1) is 10.8. The second-order valence-electron chi connectivity index (χ2n) is 4.79. The van der Waals surface area contributed by atoms with E-state index in [9.17, 15) is 17.6 Å². The molecule has 120 valence electrons. The summed E-state index contributed by atoms with van der Waals surface area (Å²) in [6.45, 7) is 0. The first kappa shape index (κ1) is 17.2. The fraction of sp³-hybridized carbons (Fsp3) is 0.0625. The van der Waals surface area contributed by atoms with Gasteiger partial charge in [-0.25, -0.2) is 12.8 Å². The molecule has 0 aromatic heterocycles. The quantitative estimate of drug-likeness (QED) is 0.855. The van der Waals surface area contributed by atoms with Gasteiger partial charge in [0.25, 0.3) is 0 Å². The van der Waals surface area contributed by atoms with E-state index >= 15 is 0 Å². The highest BCUT2D eigenvalue weighted by atomic mass is 35.5. The molecule has 4 nitrogen and oxygen atoms in total. The van der Waals surface area contributed by atoms with Crippen LogP contribution in [0.1, 0.15) is 5.56 Å². The number of carbonyl (C=O) groups is 1. The molecule has 0 saturated carbocycles. The van der Waals surface area contributed by atoms with Crippen LogP contribution < -0.4 is 5.32 Å². The van der Waals surface area contributed by atoms with Crippen LogP contribution in [0.3, 0.4) is 0 Å². The minimum Gasteiger partial charge on any atom is -0.321 e. The van der Waals surface area contributed by atoms with Gasteiger partial charge in [0, 0.05) is 12.3 Å². The highest BCUT2D eigenvalue weighted by Gasteiger charge is 2.11. The molecule has 0 atom stereocenters. The minimum atomic E-state index is -3.40. The normalized spacial score (nSPS) is 11.6. The molecule has 1 amide bonds. The van der Waals surface area contributed by atoms with Gasteiger partial charge in [0.05, 0.1) is 15.6 Å². The number of benzene rings is 2. The van der Waals surface area contributed by atoms with Crippen molar-refractivity contribution in [3.8, 4) is 0 Å². The van der Waals surface area contributed by atoms with Crippen LogP contribution in [0, 0.1) is 5.82 Å². The van der Waals surface area contributed by atoms with Crippen LogP contribution >= 0.6 is 11.6 Å². The molecular formula is C16H13ClFNO3S. The molecule has 1 N–H and O–H groups in total. The molecule has 0 aliphatic rings. The molecule has 0 aliphatic carbocycles. The minimum absolute atomic E-state index is 0.0553. The van der Waals surface area contributed by atoms with Gasteiger partial charge in [-0.05, 0) is 42.0 Å². The largest absolute Gasteiger partial charge is 0.321 e. The molecule has 0 aliphatic heterocycles. The summed E-state index contributed by atoms with van der Waals surface area (Å²) in [6, 6.07) is 9.67. The van der Waals surface area contributed by atoms with Crippen molar-refractivity contribution in [3.05, 3.63) is 64.9 Å². The number of carbonyl (C=O) groups excluding carboxylic acids is 1. The number of halogens is 2. The Hall–Kier alpha value is -2.18. The number of hydrogen-bond acceptors (Lipinski definition) is 3. The fourth-order valence-corrected chi connectivity index (χ4v) is 2.56. The molecule has 0 spiro atoms. The predicted octanol–water partition coefficient (Wildman–Crippen LogP) is 3.53. The number of sulfone groups is 1. The third-order valence-electron chi connectivity index (χ3n) is 2.92. The van der Waals surface area contributed by atoms with E-state index in [0.29, 0.717) is 5.56 Å². The Morgan fingerprint density at radius 1 is 1.17 bits per heavy atom. The third-order valence-corrected chi connectivity index (χ3v) is 4.36. The molecule has 23 heavy (non-hydrogen) atoms. The maximum Gasteiger partial charge on any atom is 0.248 e. The molecule has 7 heteroatoms. The van der Waals surface area contributed by atoms with Gasteiger partial charge in [-0.15, -0.1) is 0 Å². The lowest BCUT2D eigenvalue weighted by molar-refractivity contribution is -0.111. The number of anilines is 1. The van der Waals surface area contributed by atoms with Gasteiger partial charge in [0.2, 0.25) is 5.91 Å². The fourth-order valence-electron chi connectivity index (χ4n) is 1.75. The Balaban J connectivity index is 2.15. The lowest BCUT2D eigenvalue weighted by atomic mass is 10.2. The number of amides is 1. The number of nitrogens with one attached hydrogen (secondary N) is 1. The van der Waals surface area contributed by atoms with Crippen LogP contribution in [0.5, 0.6) is 0 Å². The monoisotopic (exact) mass is 353 g/mol. The lowest BCUT2D eigenvalue weighted by Crippen LogP contribution is -2.09. The number of rotatable bonds is 4. The maximum absolute atomic E-state index is 12.8. The van der Waals surface area contributed by atoms with E-state index in [1.165, 1.54) is 54.6 Å². The highest BCUT2D eigenvalue weighted by Crippen LogP contribution is 2.25. The van der Waals surface area contributed by atoms with Gasteiger partial charge >= 0.3 is 0 Å². The van der Waals surface area contributed by atoms with E-state index in [0.717, 1.165) is 6.26 Å². The molecule has 0 heterocycles. The van der Waals surface area contributed by atoms with Crippen molar-refractivity contribution < 1.29 is 17.6 Å². The zero-order chi connectivity index (χ0) is 17.0. The summed E-state index contributed by atoms with van der Waals surface area (Å²) in [5, 5.41) is 2.73. The van der Waals surface area contributed by atoms with Crippen LogP contribution in [0.15, 0.2) is 53.4 Å². The SMILES string of the molecule is CS(=O)(=O)c1ccc(Cl)c(NC(=O)/C=C/c2ccc(F)cc2)c1. The van der Waals surface area contributed by atoms with E-state index < -0.39 is 15.7 Å². The zero-order valence-electron chi connectivity index (χ0n) is 12.1. The van der Waals surface area contributed by atoms with Gasteiger partial charge < -0.3 is 5.32 Å². The molecule has 0 saturated heterocycles. The first-order valence-electron chi connectivity index (χ1n) is 6.50. The van der Waals surface area contributed by atoms with Crippen LogP contribution in [-0.4, -0.2) is 20.6 Å². The smallest absolute Gasteiger partial charge is 0.248 e. The van der Waals surface area contributed by atoms with Crippen molar-refractivity contribution in [3.63, 3.8) is 0 Å². The molecule has 0 fully saturated rings. The topological polar surface area (TPSA) is 63.2 Å². The van der Waals surface area contributed by atoms with E-state index in [-0.39, 0.29) is 21.4 Å². The van der Waals surface area contributed by atoms with Crippen LogP contribution in [-0.2, 0) is 14.6 Å². The van der Waals surface area contributed by atoms with Crippen molar-refractivity contribution >= 4 is 39.1 Å². The summed E-state index contributed by atoms with van der Waals surface area (Å²) in [4.78, 5) is 11.9. The Bertz CT molecular complexity index is 861. The van der Waals surface area contributed by atoms with Crippen molar-refractivity contribution in [2.75, 3.05) is 11.6 Å². The van der Waals surface area contributed by atoms with Gasteiger partial charge in [-0.2, -0.15) is 0 Å². The summed E-state index contributed by atoms with van der Waals surface area (Å²) in [5.74, 6) is -0.849. The van der Waals surface area contributed by atoms with Crippen molar-refractivity contribution in [2.45, 2.75) is 4.90 Å². The van der Waals surface area contributed by atoms with Crippen LogP contribution in [0.2, 0.25) is 5.02 Å². The van der Waals surface area contributed by atoms with E-state index in [2.05, 4.69) is 5.32 Å². The summed E-state index contributed by atoms with van der Waals surface area (Å²) < 4.78 is 35.8. The molecule has 2 rings (SSSR count). The van der Waals surface area contributed by atoms with Gasteiger partial charge in [-0.1, -0.05) is 23.7 Å². The molecule has 2 aromatic carbocycles. The predicted molar refractivity (Wildman–Crippen MR) is 88.6 cm³/mol. The molecule has 2 aromatic rings. The maximum atomic E-state index is 12.8.